The number of aromatic amines is 1. The molecule has 5 heteroatoms. The summed E-state index contributed by atoms with van der Waals surface area (Å²) in [6.45, 7) is 2.40. The van der Waals surface area contributed by atoms with Crippen LogP contribution in [0.5, 0.6) is 0 Å². The highest BCUT2D eigenvalue weighted by atomic mass is 79.9. The fraction of sp³-hybridized carbons (Fsp3) is 0.167. The van der Waals surface area contributed by atoms with Gasteiger partial charge in [0, 0.05) is 17.1 Å². The molecular formula is C12H12BrN3O. The highest BCUT2D eigenvalue weighted by Gasteiger charge is 1.98. The SMILES string of the molecule is Cc1nc(NCc2ccc(Br)cc2)cc(=O)[nH]1. The molecule has 0 amide bonds. The van der Waals surface area contributed by atoms with Gasteiger partial charge in [-0.05, 0) is 24.6 Å². The van der Waals surface area contributed by atoms with Crippen molar-refractivity contribution < 1.29 is 0 Å². The largest absolute Gasteiger partial charge is 0.366 e. The molecule has 0 aliphatic carbocycles. The standard InChI is InChI=1S/C12H12BrN3O/c1-8-15-11(6-12(17)16-8)14-7-9-2-4-10(13)5-3-9/h2-6H,7H2,1H3,(H2,14,15,16,17). The minimum atomic E-state index is -0.143. The van der Waals surface area contributed by atoms with E-state index in [0.29, 0.717) is 18.2 Å². The molecule has 2 aromatic rings. The van der Waals surface area contributed by atoms with E-state index in [0.717, 1.165) is 10.0 Å². The van der Waals surface area contributed by atoms with Gasteiger partial charge in [0.15, 0.2) is 0 Å². The van der Waals surface area contributed by atoms with Gasteiger partial charge >= 0.3 is 0 Å². The van der Waals surface area contributed by atoms with Gasteiger partial charge in [0.05, 0.1) is 0 Å². The van der Waals surface area contributed by atoms with Crippen molar-refractivity contribution in [2.75, 3.05) is 5.32 Å². The van der Waals surface area contributed by atoms with Crippen molar-refractivity contribution in [3.63, 3.8) is 0 Å². The molecule has 0 aliphatic heterocycles. The monoisotopic (exact) mass is 293 g/mol. The van der Waals surface area contributed by atoms with Crippen LogP contribution in [0.25, 0.3) is 0 Å². The number of halogens is 1. The first-order valence-corrected chi connectivity index (χ1v) is 5.99. The maximum atomic E-state index is 11.2. The van der Waals surface area contributed by atoms with Gasteiger partial charge < -0.3 is 10.3 Å². The third kappa shape index (κ3) is 3.42. The third-order valence-electron chi connectivity index (χ3n) is 2.25. The molecule has 2 rings (SSSR count). The number of benzene rings is 1. The molecule has 0 spiro atoms. The first kappa shape index (κ1) is 11.9. The van der Waals surface area contributed by atoms with E-state index in [1.807, 2.05) is 24.3 Å². The lowest BCUT2D eigenvalue weighted by molar-refractivity contribution is 0.997. The maximum absolute atomic E-state index is 11.2. The lowest BCUT2D eigenvalue weighted by atomic mass is 10.2. The zero-order valence-corrected chi connectivity index (χ0v) is 10.9. The Morgan fingerprint density at radius 1 is 1.35 bits per heavy atom. The Morgan fingerprint density at radius 3 is 2.71 bits per heavy atom. The van der Waals surface area contributed by atoms with Crippen LogP contribution in [0.15, 0.2) is 39.6 Å². The first-order valence-electron chi connectivity index (χ1n) is 5.20. The summed E-state index contributed by atoms with van der Waals surface area (Å²) in [6, 6.07) is 9.43. The lowest BCUT2D eigenvalue weighted by Gasteiger charge is -2.05. The van der Waals surface area contributed by atoms with Gasteiger partial charge in [0.25, 0.3) is 5.56 Å². The van der Waals surface area contributed by atoms with Crippen LogP contribution in [0.1, 0.15) is 11.4 Å². The third-order valence-corrected chi connectivity index (χ3v) is 2.78. The van der Waals surface area contributed by atoms with Crippen LogP contribution in [-0.2, 0) is 6.54 Å². The Hall–Kier alpha value is -1.62. The van der Waals surface area contributed by atoms with Gasteiger partial charge in [-0.1, -0.05) is 28.1 Å². The molecule has 0 atom stereocenters. The molecule has 0 bridgehead atoms. The molecule has 0 fully saturated rings. The molecule has 1 aromatic carbocycles. The Bertz CT molecular complexity index is 563. The number of aromatic nitrogens is 2. The number of anilines is 1. The normalized spacial score (nSPS) is 10.2. The van der Waals surface area contributed by atoms with Crippen molar-refractivity contribution in [3.8, 4) is 0 Å². The zero-order valence-electron chi connectivity index (χ0n) is 9.33. The predicted molar refractivity (Wildman–Crippen MR) is 71.1 cm³/mol. The van der Waals surface area contributed by atoms with Gasteiger partial charge in [-0.25, -0.2) is 4.98 Å². The predicted octanol–water partition coefficient (Wildman–Crippen LogP) is 2.45. The highest BCUT2D eigenvalue weighted by Crippen LogP contribution is 2.11. The van der Waals surface area contributed by atoms with Crippen molar-refractivity contribution in [3.05, 3.63) is 56.5 Å². The van der Waals surface area contributed by atoms with Crippen LogP contribution in [0.4, 0.5) is 5.82 Å². The zero-order chi connectivity index (χ0) is 12.3. The average Bonchev–Trinajstić information content (AvgIpc) is 2.27. The summed E-state index contributed by atoms with van der Waals surface area (Å²) in [7, 11) is 0. The van der Waals surface area contributed by atoms with Crippen LogP contribution >= 0.6 is 15.9 Å². The number of hydrogen-bond acceptors (Lipinski definition) is 3. The number of H-pyrrole nitrogens is 1. The summed E-state index contributed by atoms with van der Waals surface area (Å²) in [5.74, 6) is 1.20. The van der Waals surface area contributed by atoms with Crippen LogP contribution < -0.4 is 10.9 Å². The first-order chi connectivity index (χ1) is 8.13. The van der Waals surface area contributed by atoms with E-state index in [-0.39, 0.29) is 5.56 Å². The second-order valence-electron chi connectivity index (χ2n) is 3.70. The number of aryl methyl sites for hydroxylation is 1. The van der Waals surface area contributed by atoms with Crippen molar-refractivity contribution in [1.29, 1.82) is 0 Å². The second kappa shape index (κ2) is 5.14. The molecule has 4 nitrogen and oxygen atoms in total. The lowest BCUT2D eigenvalue weighted by Crippen LogP contribution is -2.11. The van der Waals surface area contributed by atoms with E-state index >= 15 is 0 Å². The van der Waals surface area contributed by atoms with Crippen LogP contribution in [0.3, 0.4) is 0 Å². The van der Waals surface area contributed by atoms with E-state index in [4.69, 9.17) is 0 Å². The average molecular weight is 294 g/mol. The van der Waals surface area contributed by atoms with Crippen molar-refractivity contribution >= 4 is 21.7 Å². The van der Waals surface area contributed by atoms with Gasteiger partial charge in [0.2, 0.25) is 0 Å². The number of nitrogens with zero attached hydrogens (tertiary/aromatic N) is 1. The molecular weight excluding hydrogens is 282 g/mol. The summed E-state index contributed by atoms with van der Waals surface area (Å²) in [4.78, 5) is 18.0. The highest BCUT2D eigenvalue weighted by molar-refractivity contribution is 9.10. The molecule has 0 saturated heterocycles. The molecule has 0 unspecified atom stereocenters. The Kier molecular flexibility index (Phi) is 3.58. The van der Waals surface area contributed by atoms with E-state index in [1.54, 1.807) is 6.92 Å². The van der Waals surface area contributed by atoms with Gasteiger partial charge in [-0.2, -0.15) is 0 Å². The molecule has 88 valence electrons. The molecule has 2 N–H and O–H groups in total. The topological polar surface area (TPSA) is 57.8 Å². The van der Waals surface area contributed by atoms with Gasteiger partial charge in [0.1, 0.15) is 11.6 Å². The van der Waals surface area contributed by atoms with Gasteiger partial charge in [-0.15, -0.1) is 0 Å². The minimum absolute atomic E-state index is 0.143. The van der Waals surface area contributed by atoms with Crippen molar-refractivity contribution in [2.24, 2.45) is 0 Å². The van der Waals surface area contributed by atoms with E-state index < -0.39 is 0 Å². The van der Waals surface area contributed by atoms with Crippen molar-refractivity contribution in [1.82, 2.24) is 9.97 Å². The van der Waals surface area contributed by atoms with Crippen LogP contribution in [0, 0.1) is 6.92 Å². The smallest absolute Gasteiger partial charge is 0.252 e. The van der Waals surface area contributed by atoms with Gasteiger partial charge in [-0.3, -0.25) is 4.79 Å². The van der Waals surface area contributed by atoms with Crippen molar-refractivity contribution in [2.45, 2.75) is 13.5 Å². The second-order valence-corrected chi connectivity index (χ2v) is 4.61. The Balaban J connectivity index is 2.07. The molecule has 0 radical (unpaired) electrons. The Labute approximate surface area is 107 Å². The maximum Gasteiger partial charge on any atom is 0.252 e. The summed E-state index contributed by atoms with van der Waals surface area (Å²) >= 11 is 3.38. The molecule has 17 heavy (non-hydrogen) atoms. The van der Waals surface area contributed by atoms with E-state index in [1.165, 1.54) is 6.07 Å². The fourth-order valence-corrected chi connectivity index (χ4v) is 1.73. The molecule has 1 heterocycles. The summed E-state index contributed by atoms with van der Waals surface area (Å²) in [5.41, 5.74) is 0.990. The minimum Gasteiger partial charge on any atom is -0.366 e. The number of rotatable bonds is 3. The van der Waals surface area contributed by atoms with Crippen LogP contribution in [0.2, 0.25) is 0 Å². The van der Waals surface area contributed by atoms with E-state index in [2.05, 4.69) is 31.2 Å². The quantitative estimate of drug-likeness (QED) is 0.914. The summed E-state index contributed by atoms with van der Waals surface area (Å²) in [6.07, 6.45) is 0. The van der Waals surface area contributed by atoms with Crippen LogP contribution in [-0.4, -0.2) is 9.97 Å². The summed E-state index contributed by atoms with van der Waals surface area (Å²) in [5, 5.41) is 3.12. The molecule has 0 aliphatic rings. The summed E-state index contributed by atoms with van der Waals surface area (Å²) < 4.78 is 1.05. The molecule has 1 aromatic heterocycles. The Morgan fingerprint density at radius 2 is 2.06 bits per heavy atom. The number of nitrogens with one attached hydrogen (secondary N) is 2. The fourth-order valence-electron chi connectivity index (χ4n) is 1.46. The number of hydrogen-bond donors (Lipinski definition) is 2. The molecule has 0 saturated carbocycles. The van der Waals surface area contributed by atoms with E-state index in [9.17, 15) is 4.79 Å².